The Hall–Kier alpha value is -3.43. The Morgan fingerprint density at radius 3 is 2.61 bits per heavy atom. The maximum atomic E-state index is 12.8. The van der Waals surface area contributed by atoms with Gasteiger partial charge >= 0.3 is 5.97 Å². The summed E-state index contributed by atoms with van der Waals surface area (Å²) in [6.45, 7) is 0. The quantitative estimate of drug-likeness (QED) is 0.156. The number of rotatable bonds is 6. The summed E-state index contributed by atoms with van der Waals surface area (Å²) >= 11 is 7.99. The van der Waals surface area contributed by atoms with Gasteiger partial charge in [0.1, 0.15) is 21.8 Å². The van der Waals surface area contributed by atoms with Crippen LogP contribution >= 0.6 is 34.7 Å². The Labute approximate surface area is 198 Å². The van der Waals surface area contributed by atoms with Crippen LogP contribution in [-0.4, -0.2) is 65.7 Å². The number of nitrogen functional groups attached to an aromatic ring is 2. The molecule has 7 N–H and O–H groups in total. The Bertz CT molecular complexity index is 1210. The minimum atomic E-state index is -1.28. The number of carboxylic acid groups (broad SMARTS) is 1. The van der Waals surface area contributed by atoms with E-state index in [1.54, 1.807) is 0 Å². The van der Waals surface area contributed by atoms with E-state index in [9.17, 15) is 24.7 Å². The molecule has 1 fully saturated rings. The molecule has 4 rings (SSSR count). The average Bonchev–Trinajstić information content (AvgIpc) is 3.11. The number of aliphatic carboxylic acids is 1. The van der Waals surface area contributed by atoms with Gasteiger partial charge in [0.05, 0.1) is 6.04 Å². The van der Waals surface area contributed by atoms with Gasteiger partial charge in [0.15, 0.2) is 10.8 Å². The van der Waals surface area contributed by atoms with Gasteiger partial charge in [-0.05, 0) is 12.8 Å². The molecule has 0 aromatic carbocycles. The zero-order chi connectivity index (χ0) is 23.9. The van der Waals surface area contributed by atoms with E-state index in [4.69, 9.17) is 23.1 Å². The number of amides is 2. The van der Waals surface area contributed by atoms with Crippen LogP contribution in [0.3, 0.4) is 0 Å². The van der Waals surface area contributed by atoms with Crippen molar-refractivity contribution in [2.45, 2.75) is 29.8 Å². The monoisotopic (exact) mass is 510 g/mol. The molecular weight excluding hydrogens is 496 g/mol. The summed E-state index contributed by atoms with van der Waals surface area (Å²) in [5, 5.41) is 24.5. The lowest BCUT2D eigenvalue weighted by atomic mass is 9.86. The van der Waals surface area contributed by atoms with Crippen LogP contribution < -0.4 is 16.8 Å². The van der Waals surface area contributed by atoms with E-state index in [0.717, 1.165) is 28.0 Å². The first-order valence-electron chi connectivity index (χ1n) is 9.21. The highest BCUT2D eigenvalue weighted by Crippen LogP contribution is 2.43. The summed E-state index contributed by atoms with van der Waals surface area (Å²) in [4.78, 5) is 51.2. The van der Waals surface area contributed by atoms with Gasteiger partial charge in [-0.2, -0.15) is 0 Å². The molecule has 2 unspecified atom stereocenters. The average molecular weight is 511 g/mol. The molecule has 16 heteroatoms. The molecule has 0 bridgehead atoms. The second-order valence-corrected chi connectivity index (χ2v) is 9.65. The number of aromatic nitrogens is 3. The lowest BCUT2D eigenvalue weighted by Crippen LogP contribution is -2.72. The van der Waals surface area contributed by atoms with E-state index in [1.807, 2.05) is 0 Å². The van der Waals surface area contributed by atoms with Crippen LogP contribution in [0.1, 0.15) is 18.5 Å². The van der Waals surface area contributed by atoms with Gasteiger partial charge in [0.2, 0.25) is 5.95 Å². The highest BCUT2D eigenvalue weighted by Gasteiger charge is 2.53. The lowest BCUT2D eigenvalue weighted by Gasteiger charge is -2.50. The zero-order valence-corrected chi connectivity index (χ0v) is 18.8. The third-order valence-electron chi connectivity index (χ3n) is 4.91. The van der Waals surface area contributed by atoms with E-state index in [2.05, 4.69) is 25.4 Å². The lowest BCUT2D eigenvalue weighted by molar-refractivity contribution is -0.155. The fraction of sp³-hybridized carbons (Fsp3) is 0.235. The van der Waals surface area contributed by atoms with Crippen molar-refractivity contribution < 1.29 is 24.7 Å². The van der Waals surface area contributed by atoms with Crippen molar-refractivity contribution in [3.05, 3.63) is 33.0 Å². The Morgan fingerprint density at radius 1 is 1.33 bits per heavy atom. The van der Waals surface area contributed by atoms with Crippen LogP contribution in [0.25, 0.3) is 0 Å². The molecule has 4 heterocycles. The van der Waals surface area contributed by atoms with E-state index in [0.29, 0.717) is 22.6 Å². The number of thiazole rings is 1. The molecule has 2 aromatic heterocycles. The van der Waals surface area contributed by atoms with E-state index >= 15 is 0 Å². The number of thioether (sulfide) groups is 1. The number of anilines is 2. The number of halogens is 1. The van der Waals surface area contributed by atoms with Gasteiger partial charge in [-0.1, -0.05) is 39.9 Å². The van der Waals surface area contributed by atoms with Crippen molar-refractivity contribution >= 4 is 69.3 Å². The minimum Gasteiger partial charge on any atom is -0.477 e. The van der Waals surface area contributed by atoms with Crippen LogP contribution in [0.15, 0.2) is 33.0 Å². The second kappa shape index (κ2) is 8.84. The number of nitrogens with two attached hydrogens (primary N) is 2. The second-order valence-electron chi connectivity index (χ2n) is 6.84. The molecule has 1 saturated heterocycles. The molecule has 2 atom stereocenters. The molecule has 0 saturated carbocycles. The Kier molecular flexibility index (Phi) is 6.09. The number of nitrogens with one attached hydrogen (secondary N) is 1. The predicted octanol–water partition coefficient (Wildman–Crippen LogP) is 0.507. The molecule has 13 nitrogen and oxygen atoms in total. The summed E-state index contributed by atoms with van der Waals surface area (Å²) in [6, 6.07) is -1.60. The molecule has 2 amide bonds. The summed E-state index contributed by atoms with van der Waals surface area (Å²) in [5.74, 6) is -2.71. The predicted molar refractivity (Wildman–Crippen MR) is 119 cm³/mol. The number of hydrogen-bond donors (Lipinski definition) is 5. The summed E-state index contributed by atoms with van der Waals surface area (Å²) in [5.41, 5.74) is 10.2. The van der Waals surface area contributed by atoms with Gasteiger partial charge in [-0.3, -0.25) is 14.5 Å². The van der Waals surface area contributed by atoms with E-state index in [-0.39, 0.29) is 26.8 Å². The summed E-state index contributed by atoms with van der Waals surface area (Å²) < 4.78 is 0.0408. The van der Waals surface area contributed by atoms with Gasteiger partial charge in [-0.25, -0.2) is 19.7 Å². The maximum Gasteiger partial charge on any atom is 0.353 e. The molecule has 0 aliphatic carbocycles. The zero-order valence-electron chi connectivity index (χ0n) is 16.4. The molecule has 2 aromatic rings. The fourth-order valence-corrected chi connectivity index (χ4v) is 5.45. The standard InChI is InChI=1S/C17H15ClN8O5S2/c18-12-9(24-17(20)33-12)10(25-31)13(27)23-8-6-1-2-7(11(15(29)30)26(6)14(8)28)32-5-3-21-16(19)22-4-5/h3-4,6,8,31H,1-2H2,(H2,20,24)(H,23,27)(H,29,30)(H2,19,21,22)/b25-10-. The van der Waals surface area contributed by atoms with Gasteiger partial charge in [-0.15, -0.1) is 0 Å². The third-order valence-corrected chi connectivity index (χ3v) is 7.09. The van der Waals surface area contributed by atoms with Crippen molar-refractivity contribution in [1.29, 1.82) is 0 Å². The Morgan fingerprint density at radius 2 is 2.03 bits per heavy atom. The number of β-lactam (4-membered cyclic amide) rings is 1. The first-order valence-corrected chi connectivity index (χ1v) is 11.2. The normalized spacial score (nSPS) is 20.3. The maximum absolute atomic E-state index is 12.8. The largest absolute Gasteiger partial charge is 0.477 e. The van der Waals surface area contributed by atoms with Gasteiger partial charge < -0.3 is 27.1 Å². The number of hydrogen-bond acceptors (Lipinski definition) is 12. The first-order chi connectivity index (χ1) is 15.7. The molecule has 2 aliphatic heterocycles. The van der Waals surface area contributed by atoms with Crippen molar-refractivity contribution in [2.75, 3.05) is 11.5 Å². The van der Waals surface area contributed by atoms with Crippen molar-refractivity contribution in [2.24, 2.45) is 5.16 Å². The number of carbonyl (C=O) groups is 3. The minimum absolute atomic E-state index is 0.0408. The Balaban J connectivity index is 1.53. The van der Waals surface area contributed by atoms with Crippen LogP contribution in [0.4, 0.5) is 11.1 Å². The molecule has 172 valence electrons. The topological polar surface area (TPSA) is 210 Å². The van der Waals surface area contributed by atoms with Crippen LogP contribution in [0.5, 0.6) is 0 Å². The first kappa shape index (κ1) is 22.8. The fourth-order valence-electron chi connectivity index (χ4n) is 3.52. The third kappa shape index (κ3) is 4.17. The van der Waals surface area contributed by atoms with E-state index < -0.39 is 35.6 Å². The molecular formula is C17H15ClN8O5S2. The number of carbonyl (C=O) groups excluding carboxylic acids is 2. The van der Waals surface area contributed by atoms with Crippen LogP contribution in [0, 0.1) is 0 Å². The number of fused-ring (bicyclic) bond motifs is 1. The number of oxime groups is 1. The highest BCUT2D eigenvalue weighted by molar-refractivity contribution is 8.03. The van der Waals surface area contributed by atoms with Gasteiger partial charge in [0, 0.05) is 22.2 Å². The number of nitrogens with zero attached hydrogens (tertiary/aromatic N) is 5. The molecule has 0 radical (unpaired) electrons. The van der Waals surface area contributed by atoms with Crippen LogP contribution in [0.2, 0.25) is 4.34 Å². The van der Waals surface area contributed by atoms with Crippen molar-refractivity contribution in [1.82, 2.24) is 25.2 Å². The highest BCUT2D eigenvalue weighted by atomic mass is 35.5. The summed E-state index contributed by atoms with van der Waals surface area (Å²) in [7, 11) is 0. The van der Waals surface area contributed by atoms with E-state index in [1.165, 1.54) is 12.4 Å². The van der Waals surface area contributed by atoms with Gasteiger partial charge in [0.25, 0.3) is 11.8 Å². The number of carboxylic acids is 1. The van der Waals surface area contributed by atoms with Crippen LogP contribution in [-0.2, 0) is 14.4 Å². The smallest absolute Gasteiger partial charge is 0.353 e. The van der Waals surface area contributed by atoms with Crippen molar-refractivity contribution in [3.63, 3.8) is 0 Å². The number of allylic oxidation sites excluding steroid dienone is 1. The van der Waals surface area contributed by atoms with Crippen molar-refractivity contribution in [3.8, 4) is 0 Å². The molecule has 0 spiro atoms. The summed E-state index contributed by atoms with van der Waals surface area (Å²) in [6.07, 6.45) is 3.64. The molecule has 33 heavy (non-hydrogen) atoms. The molecule has 2 aliphatic rings. The SMILES string of the molecule is Nc1ncc(SC2=C(C(=O)O)N3C(=O)C(NC(=O)/C(=N\O)c4nc(N)sc4Cl)C3CC2)cn1.